The van der Waals surface area contributed by atoms with Gasteiger partial charge in [-0.2, -0.15) is 0 Å². The van der Waals surface area contributed by atoms with Crippen molar-refractivity contribution in [3.05, 3.63) is 29.3 Å². The van der Waals surface area contributed by atoms with Gasteiger partial charge in [0.05, 0.1) is 22.9 Å². The Morgan fingerprint density at radius 3 is 2.81 bits per heavy atom. The van der Waals surface area contributed by atoms with E-state index in [1.54, 1.807) is 0 Å². The first-order valence-electron chi connectivity index (χ1n) is 5.29. The first-order valence-corrected chi connectivity index (χ1v) is 7.78. The molecule has 1 rings (SSSR count). The topological polar surface area (TPSA) is 15.6 Å². The number of nitrogens with zero attached hydrogens (tertiary/aromatic N) is 2. The molecule has 4 heteroatoms. The number of rotatable bonds is 5. The van der Waals surface area contributed by atoms with E-state index in [1.165, 1.54) is 16.8 Å². The second-order valence-electron chi connectivity index (χ2n) is 3.39. The first-order chi connectivity index (χ1) is 7.70. The van der Waals surface area contributed by atoms with E-state index in [2.05, 4.69) is 85.6 Å². The highest BCUT2D eigenvalue weighted by Gasteiger charge is 2.07. The Morgan fingerprint density at radius 1 is 1.44 bits per heavy atom. The van der Waals surface area contributed by atoms with Crippen molar-refractivity contribution in [2.75, 3.05) is 20.6 Å². The van der Waals surface area contributed by atoms with Crippen molar-refractivity contribution in [1.82, 2.24) is 0 Å². The third kappa shape index (κ3) is 3.87. The quantitative estimate of drug-likeness (QED) is 0.291. The molecule has 0 fully saturated rings. The zero-order chi connectivity index (χ0) is 12.0. The van der Waals surface area contributed by atoms with E-state index >= 15 is 0 Å². The summed E-state index contributed by atoms with van der Waals surface area (Å²) < 4.78 is 3.40. The predicted octanol–water partition coefficient (Wildman–Crippen LogP) is 4.03. The number of alkyl halides is 1. The van der Waals surface area contributed by atoms with E-state index in [4.69, 9.17) is 0 Å². The normalized spacial score (nSPS) is 11.0. The van der Waals surface area contributed by atoms with Gasteiger partial charge in [-0.25, -0.2) is 0 Å². The van der Waals surface area contributed by atoms with Crippen molar-refractivity contribution in [3.8, 4) is 0 Å². The standard InChI is InChI=1S/C12H16I2N2/c1-3-15-9-11-5-4-6-12(10(11)2)16(14)8-7-13/h4-6,9H,3,7-8H2,1-2H3. The van der Waals surface area contributed by atoms with E-state index in [1.807, 2.05) is 6.21 Å². The smallest absolute Gasteiger partial charge is 0.0591 e. The molecule has 0 atom stereocenters. The minimum absolute atomic E-state index is 0.839. The predicted molar refractivity (Wildman–Crippen MR) is 89.6 cm³/mol. The van der Waals surface area contributed by atoms with Crippen molar-refractivity contribution >= 4 is 57.4 Å². The van der Waals surface area contributed by atoms with Crippen LogP contribution in [0.25, 0.3) is 0 Å². The van der Waals surface area contributed by atoms with Crippen LogP contribution in [0.15, 0.2) is 23.2 Å². The van der Waals surface area contributed by atoms with Gasteiger partial charge < -0.3 is 3.11 Å². The van der Waals surface area contributed by atoms with Crippen LogP contribution in [0.3, 0.4) is 0 Å². The fraction of sp³-hybridized carbons (Fsp3) is 0.417. The van der Waals surface area contributed by atoms with Crippen LogP contribution in [-0.2, 0) is 0 Å². The van der Waals surface area contributed by atoms with Crippen molar-refractivity contribution < 1.29 is 0 Å². The van der Waals surface area contributed by atoms with Crippen LogP contribution in [0.4, 0.5) is 5.69 Å². The average molecular weight is 442 g/mol. The second kappa shape index (κ2) is 7.47. The summed E-state index contributed by atoms with van der Waals surface area (Å²) >= 11 is 4.77. The molecule has 0 aliphatic rings. The van der Waals surface area contributed by atoms with Crippen molar-refractivity contribution in [2.24, 2.45) is 4.99 Å². The van der Waals surface area contributed by atoms with Gasteiger partial charge >= 0.3 is 0 Å². The van der Waals surface area contributed by atoms with E-state index in [0.29, 0.717) is 0 Å². The third-order valence-corrected chi connectivity index (χ3v) is 3.79. The van der Waals surface area contributed by atoms with Crippen LogP contribution in [-0.4, -0.2) is 23.7 Å². The van der Waals surface area contributed by atoms with Gasteiger partial charge in [-0.15, -0.1) is 0 Å². The minimum atomic E-state index is 0.839. The van der Waals surface area contributed by atoms with Gasteiger partial charge in [0.15, 0.2) is 0 Å². The van der Waals surface area contributed by atoms with E-state index in [0.717, 1.165) is 17.5 Å². The molecule has 16 heavy (non-hydrogen) atoms. The lowest BCUT2D eigenvalue weighted by Gasteiger charge is -2.18. The average Bonchev–Trinajstić information content (AvgIpc) is 2.28. The van der Waals surface area contributed by atoms with Gasteiger partial charge in [0.1, 0.15) is 0 Å². The molecule has 1 aromatic carbocycles. The molecule has 88 valence electrons. The third-order valence-electron chi connectivity index (χ3n) is 2.30. The summed E-state index contributed by atoms with van der Waals surface area (Å²) in [6, 6.07) is 6.38. The number of halogens is 2. The van der Waals surface area contributed by atoms with Gasteiger partial charge in [0.2, 0.25) is 0 Å². The molecule has 0 aliphatic heterocycles. The largest absolute Gasteiger partial charge is 0.314 e. The maximum absolute atomic E-state index is 4.30. The highest BCUT2D eigenvalue weighted by Crippen LogP contribution is 2.25. The van der Waals surface area contributed by atoms with Gasteiger partial charge in [-0.1, -0.05) is 34.7 Å². The molecule has 0 spiro atoms. The summed E-state index contributed by atoms with van der Waals surface area (Å²) in [5.41, 5.74) is 3.81. The maximum Gasteiger partial charge on any atom is 0.0591 e. The Hall–Kier alpha value is 0.150. The molecule has 0 unspecified atom stereocenters. The highest BCUT2D eigenvalue weighted by atomic mass is 127. The van der Waals surface area contributed by atoms with Gasteiger partial charge in [0.25, 0.3) is 0 Å². The summed E-state index contributed by atoms with van der Waals surface area (Å²) in [4.78, 5) is 4.30. The molecule has 0 amide bonds. The Labute approximate surface area is 125 Å². The Morgan fingerprint density at radius 2 is 2.19 bits per heavy atom. The molecule has 0 N–H and O–H groups in total. The lowest BCUT2D eigenvalue weighted by Crippen LogP contribution is -2.13. The molecular formula is C12H16I2N2. The molecule has 0 aromatic heterocycles. The van der Waals surface area contributed by atoms with Gasteiger partial charge in [-0.3, -0.25) is 4.99 Å². The summed E-state index contributed by atoms with van der Waals surface area (Å²) in [7, 11) is 0. The highest BCUT2D eigenvalue weighted by molar-refractivity contribution is 14.1. The van der Waals surface area contributed by atoms with Crippen LogP contribution in [0, 0.1) is 6.92 Å². The summed E-state index contributed by atoms with van der Waals surface area (Å²) in [5, 5.41) is 0. The number of aliphatic imine (C=N–C) groups is 1. The fourth-order valence-electron chi connectivity index (χ4n) is 1.43. The maximum atomic E-state index is 4.30. The van der Waals surface area contributed by atoms with Gasteiger partial charge in [-0.05, 0) is 31.0 Å². The van der Waals surface area contributed by atoms with E-state index < -0.39 is 0 Å². The van der Waals surface area contributed by atoms with E-state index in [-0.39, 0.29) is 0 Å². The van der Waals surface area contributed by atoms with Gasteiger partial charge in [0, 0.05) is 29.4 Å². The lowest BCUT2D eigenvalue weighted by atomic mass is 10.1. The molecule has 0 bridgehead atoms. The zero-order valence-corrected chi connectivity index (χ0v) is 13.9. The second-order valence-corrected chi connectivity index (χ2v) is 5.64. The van der Waals surface area contributed by atoms with Crippen molar-refractivity contribution in [1.29, 1.82) is 0 Å². The van der Waals surface area contributed by atoms with Crippen LogP contribution < -0.4 is 3.11 Å². The Balaban J connectivity index is 2.98. The Kier molecular flexibility index (Phi) is 6.64. The lowest BCUT2D eigenvalue weighted by molar-refractivity contribution is 1.13. The molecule has 0 saturated heterocycles. The molecule has 0 saturated carbocycles. The zero-order valence-electron chi connectivity index (χ0n) is 9.58. The number of hydrogen-bond acceptors (Lipinski definition) is 2. The SMILES string of the molecule is CCN=Cc1cccc(N(I)CCI)c1C. The van der Waals surface area contributed by atoms with Crippen LogP contribution in [0.1, 0.15) is 18.1 Å². The van der Waals surface area contributed by atoms with E-state index in [9.17, 15) is 0 Å². The minimum Gasteiger partial charge on any atom is -0.314 e. The van der Waals surface area contributed by atoms with Crippen LogP contribution in [0.5, 0.6) is 0 Å². The molecule has 0 heterocycles. The number of hydrogen-bond donors (Lipinski definition) is 0. The fourth-order valence-corrected chi connectivity index (χ4v) is 3.60. The molecular weight excluding hydrogens is 426 g/mol. The molecule has 0 radical (unpaired) electrons. The monoisotopic (exact) mass is 442 g/mol. The summed E-state index contributed by atoms with van der Waals surface area (Å²) in [5.74, 6) is 0. The number of benzene rings is 1. The van der Waals surface area contributed by atoms with Crippen LogP contribution >= 0.6 is 45.5 Å². The first kappa shape index (κ1) is 14.2. The van der Waals surface area contributed by atoms with Crippen LogP contribution in [0.2, 0.25) is 0 Å². The Bertz CT molecular complexity index is 364. The number of anilines is 1. The molecule has 1 aromatic rings. The summed E-state index contributed by atoms with van der Waals surface area (Å²) in [6.45, 7) is 6.11. The molecule has 2 nitrogen and oxygen atoms in total. The molecule has 0 aliphatic carbocycles. The van der Waals surface area contributed by atoms with Crippen molar-refractivity contribution in [3.63, 3.8) is 0 Å². The summed E-state index contributed by atoms with van der Waals surface area (Å²) in [6.07, 6.45) is 1.97. The van der Waals surface area contributed by atoms with Crippen molar-refractivity contribution in [2.45, 2.75) is 13.8 Å².